The minimum atomic E-state index is -0.149. The Kier molecular flexibility index (Phi) is 5.80. The van der Waals surface area contributed by atoms with E-state index in [1.807, 2.05) is 44.2 Å². The Morgan fingerprint density at radius 2 is 1.70 bits per heavy atom. The van der Waals surface area contributed by atoms with Gasteiger partial charge in [-0.25, -0.2) is 0 Å². The van der Waals surface area contributed by atoms with Crippen molar-refractivity contribution in [3.63, 3.8) is 0 Å². The van der Waals surface area contributed by atoms with E-state index >= 15 is 0 Å². The van der Waals surface area contributed by atoms with Gasteiger partial charge in [-0.05, 0) is 55.0 Å². The van der Waals surface area contributed by atoms with Gasteiger partial charge in [0.2, 0.25) is 0 Å². The molecule has 122 valence electrons. The van der Waals surface area contributed by atoms with Gasteiger partial charge in [-0.15, -0.1) is 0 Å². The second-order valence-corrected chi connectivity index (χ2v) is 5.99. The van der Waals surface area contributed by atoms with Gasteiger partial charge in [0, 0.05) is 5.69 Å². The van der Waals surface area contributed by atoms with Gasteiger partial charge in [0.1, 0.15) is 5.75 Å². The van der Waals surface area contributed by atoms with Crippen molar-refractivity contribution in [2.24, 2.45) is 0 Å². The fourth-order valence-electron chi connectivity index (χ4n) is 2.49. The van der Waals surface area contributed by atoms with Crippen molar-refractivity contribution in [1.82, 2.24) is 0 Å². The summed E-state index contributed by atoms with van der Waals surface area (Å²) in [7, 11) is 0. The van der Waals surface area contributed by atoms with Crippen LogP contribution in [0.2, 0.25) is 0 Å². The fourth-order valence-corrected chi connectivity index (χ4v) is 2.49. The monoisotopic (exact) mass is 311 g/mol. The first kappa shape index (κ1) is 17.1. The molecule has 0 saturated carbocycles. The van der Waals surface area contributed by atoms with Crippen LogP contribution in [-0.4, -0.2) is 12.5 Å². The molecule has 1 atom stereocenters. The lowest BCUT2D eigenvalue weighted by atomic mass is 9.99. The zero-order valence-corrected chi connectivity index (χ0v) is 14.3. The first-order valence-electron chi connectivity index (χ1n) is 8.10. The molecule has 0 heterocycles. The summed E-state index contributed by atoms with van der Waals surface area (Å²) in [6.07, 6.45) is 1.11. The molecule has 0 fully saturated rings. The second kappa shape index (κ2) is 7.82. The minimum Gasteiger partial charge on any atom is -0.483 e. The van der Waals surface area contributed by atoms with Crippen LogP contribution in [0.25, 0.3) is 0 Å². The average molecular weight is 311 g/mol. The van der Waals surface area contributed by atoms with Crippen molar-refractivity contribution in [1.29, 1.82) is 0 Å². The molecule has 0 aliphatic carbocycles. The van der Waals surface area contributed by atoms with Crippen LogP contribution in [0.1, 0.15) is 42.9 Å². The van der Waals surface area contributed by atoms with Crippen LogP contribution in [0.5, 0.6) is 5.75 Å². The number of benzene rings is 2. The summed E-state index contributed by atoms with van der Waals surface area (Å²) in [5.74, 6) is 1.17. The lowest BCUT2D eigenvalue weighted by Gasteiger charge is -2.13. The zero-order valence-electron chi connectivity index (χ0n) is 14.3. The molecule has 0 aliphatic rings. The summed E-state index contributed by atoms with van der Waals surface area (Å²) in [5, 5.41) is 2.87. The number of carbonyl (C=O) groups is 1. The molecule has 3 heteroatoms. The Labute approximate surface area is 138 Å². The van der Waals surface area contributed by atoms with Crippen LogP contribution in [0, 0.1) is 13.8 Å². The molecule has 2 rings (SSSR count). The Balaban J connectivity index is 1.92. The first-order chi connectivity index (χ1) is 11.0. The summed E-state index contributed by atoms with van der Waals surface area (Å²) in [6, 6.07) is 14.0. The highest BCUT2D eigenvalue weighted by Gasteiger charge is 2.08. The maximum Gasteiger partial charge on any atom is 0.262 e. The number of anilines is 1. The van der Waals surface area contributed by atoms with E-state index < -0.39 is 0 Å². The van der Waals surface area contributed by atoms with Crippen LogP contribution in [-0.2, 0) is 4.79 Å². The zero-order chi connectivity index (χ0) is 16.8. The number of aryl methyl sites for hydroxylation is 2. The lowest BCUT2D eigenvalue weighted by molar-refractivity contribution is -0.118. The summed E-state index contributed by atoms with van der Waals surface area (Å²) < 4.78 is 5.67. The van der Waals surface area contributed by atoms with E-state index in [1.54, 1.807) is 0 Å². The van der Waals surface area contributed by atoms with E-state index in [-0.39, 0.29) is 12.5 Å². The predicted molar refractivity (Wildman–Crippen MR) is 95.2 cm³/mol. The molecule has 23 heavy (non-hydrogen) atoms. The maximum absolute atomic E-state index is 12.0. The Morgan fingerprint density at radius 1 is 1.09 bits per heavy atom. The van der Waals surface area contributed by atoms with Crippen LogP contribution in [0.3, 0.4) is 0 Å². The molecule has 0 aromatic heterocycles. The third-order valence-corrected chi connectivity index (χ3v) is 4.13. The van der Waals surface area contributed by atoms with Crippen LogP contribution >= 0.6 is 0 Å². The van der Waals surface area contributed by atoms with E-state index in [0.29, 0.717) is 5.92 Å². The number of nitrogens with one attached hydrogen (secondary N) is 1. The SMILES string of the molecule is CC[C@H](C)c1ccc(NC(=O)COc2c(C)cccc2C)cc1. The highest BCUT2D eigenvalue weighted by Crippen LogP contribution is 2.23. The van der Waals surface area contributed by atoms with Gasteiger partial charge in [-0.2, -0.15) is 0 Å². The van der Waals surface area contributed by atoms with E-state index in [0.717, 1.165) is 29.0 Å². The van der Waals surface area contributed by atoms with Gasteiger partial charge in [-0.1, -0.05) is 44.2 Å². The van der Waals surface area contributed by atoms with Crippen molar-refractivity contribution >= 4 is 11.6 Å². The molecule has 0 aliphatic heterocycles. The quantitative estimate of drug-likeness (QED) is 0.829. The fraction of sp³-hybridized carbons (Fsp3) is 0.350. The predicted octanol–water partition coefficient (Wildman–Crippen LogP) is 4.83. The van der Waals surface area contributed by atoms with Crippen LogP contribution < -0.4 is 10.1 Å². The second-order valence-electron chi connectivity index (χ2n) is 5.99. The van der Waals surface area contributed by atoms with Crippen molar-refractivity contribution < 1.29 is 9.53 Å². The number of hydrogen-bond donors (Lipinski definition) is 1. The Morgan fingerprint density at radius 3 is 2.26 bits per heavy atom. The third kappa shape index (κ3) is 4.59. The van der Waals surface area contributed by atoms with Crippen molar-refractivity contribution in [2.75, 3.05) is 11.9 Å². The highest BCUT2D eigenvalue weighted by molar-refractivity contribution is 5.91. The van der Waals surface area contributed by atoms with Gasteiger partial charge in [0.25, 0.3) is 5.91 Å². The standard InChI is InChI=1S/C20H25NO2/c1-5-14(2)17-9-11-18(12-10-17)21-19(22)13-23-20-15(3)7-6-8-16(20)4/h6-12,14H,5,13H2,1-4H3,(H,21,22)/t14-/m0/s1. The normalized spacial score (nSPS) is 11.8. The molecular formula is C20H25NO2. The number of ether oxygens (including phenoxy) is 1. The minimum absolute atomic E-state index is 0.0127. The van der Waals surface area contributed by atoms with Crippen molar-refractivity contribution in [2.45, 2.75) is 40.0 Å². The molecule has 2 aromatic rings. The maximum atomic E-state index is 12.0. The highest BCUT2D eigenvalue weighted by atomic mass is 16.5. The molecule has 0 bridgehead atoms. The molecular weight excluding hydrogens is 286 g/mol. The largest absolute Gasteiger partial charge is 0.483 e. The number of carbonyl (C=O) groups excluding carboxylic acids is 1. The number of amides is 1. The molecule has 1 amide bonds. The van der Waals surface area contributed by atoms with E-state index in [1.165, 1.54) is 5.56 Å². The molecule has 1 N–H and O–H groups in total. The Hall–Kier alpha value is -2.29. The van der Waals surface area contributed by atoms with E-state index in [2.05, 4.69) is 31.3 Å². The van der Waals surface area contributed by atoms with Gasteiger partial charge >= 0.3 is 0 Å². The van der Waals surface area contributed by atoms with Crippen LogP contribution in [0.15, 0.2) is 42.5 Å². The Bertz CT molecular complexity index is 642. The van der Waals surface area contributed by atoms with Crippen LogP contribution in [0.4, 0.5) is 5.69 Å². The molecule has 2 aromatic carbocycles. The third-order valence-electron chi connectivity index (χ3n) is 4.13. The van der Waals surface area contributed by atoms with Gasteiger partial charge in [0.15, 0.2) is 6.61 Å². The lowest BCUT2D eigenvalue weighted by Crippen LogP contribution is -2.20. The number of rotatable bonds is 6. The van der Waals surface area contributed by atoms with Gasteiger partial charge < -0.3 is 10.1 Å². The van der Waals surface area contributed by atoms with E-state index in [9.17, 15) is 4.79 Å². The summed E-state index contributed by atoms with van der Waals surface area (Å²) in [6.45, 7) is 8.34. The van der Waals surface area contributed by atoms with Crippen molar-refractivity contribution in [3.8, 4) is 5.75 Å². The van der Waals surface area contributed by atoms with Gasteiger partial charge in [-0.3, -0.25) is 4.79 Å². The topological polar surface area (TPSA) is 38.3 Å². The summed E-state index contributed by atoms with van der Waals surface area (Å²) in [4.78, 5) is 12.0. The first-order valence-corrected chi connectivity index (χ1v) is 8.10. The molecule has 0 unspecified atom stereocenters. The molecule has 0 saturated heterocycles. The molecule has 3 nitrogen and oxygen atoms in total. The summed E-state index contributed by atoms with van der Waals surface area (Å²) in [5.41, 5.74) is 4.16. The van der Waals surface area contributed by atoms with Gasteiger partial charge in [0.05, 0.1) is 0 Å². The summed E-state index contributed by atoms with van der Waals surface area (Å²) >= 11 is 0. The average Bonchev–Trinajstić information content (AvgIpc) is 2.54. The molecule has 0 radical (unpaired) electrons. The number of para-hydroxylation sites is 1. The van der Waals surface area contributed by atoms with Crippen molar-refractivity contribution in [3.05, 3.63) is 59.2 Å². The molecule has 0 spiro atoms. The smallest absolute Gasteiger partial charge is 0.262 e. The van der Waals surface area contributed by atoms with E-state index in [4.69, 9.17) is 4.74 Å². The number of hydrogen-bond acceptors (Lipinski definition) is 2.